The number of ether oxygens (including phenoxy) is 1. The molecule has 1 aliphatic rings. The van der Waals surface area contributed by atoms with Crippen LogP contribution in [0.2, 0.25) is 0 Å². The van der Waals surface area contributed by atoms with Crippen molar-refractivity contribution < 1.29 is 14.3 Å². The van der Waals surface area contributed by atoms with Gasteiger partial charge in [-0.15, -0.1) is 0 Å². The largest absolute Gasteiger partial charge is 0.496 e. The van der Waals surface area contributed by atoms with Crippen molar-refractivity contribution in [2.75, 3.05) is 7.11 Å². The standard InChI is InChI=1S/C19H20N2O3/c1-12-7-8-13(9-17(12)24-2)16(10-18(20)22)21-11-14-5-3-4-6-15(14)19(21)23/h3-9,16H,10-11H2,1-2H3,(H2,20,22). The minimum absolute atomic E-state index is 0.0728. The molecule has 0 bridgehead atoms. The average Bonchev–Trinajstić information content (AvgIpc) is 2.90. The summed E-state index contributed by atoms with van der Waals surface area (Å²) in [4.78, 5) is 26.1. The number of aryl methyl sites for hydroxylation is 1. The van der Waals surface area contributed by atoms with Gasteiger partial charge in [-0.05, 0) is 35.7 Å². The Kier molecular flexibility index (Phi) is 4.25. The fourth-order valence-electron chi connectivity index (χ4n) is 3.17. The van der Waals surface area contributed by atoms with Crippen molar-refractivity contribution in [3.8, 4) is 5.75 Å². The molecular weight excluding hydrogens is 304 g/mol. The number of nitrogens with two attached hydrogens (primary N) is 1. The number of primary amides is 1. The van der Waals surface area contributed by atoms with Crippen molar-refractivity contribution in [3.63, 3.8) is 0 Å². The summed E-state index contributed by atoms with van der Waals surface area (Å²) in [6.07, 6.45) is 0.0753. The van der Waals surface area contributed by atoms with Crippen LogP contribution in [0.15, 0.2) is 42.5 Å². The smallest absolute Gasteiger partial charge is 0.255 e. The van der Waals surface area contributed by atoms with Crippen LogP contribution in [-0.2, 0) is 11.3 Å². The van der Waals surface area contributed by atoms with E-state index in [1.807, 2.05) is 49.4 Å². The van der Waals surface area contributed by atoms with Crippen LogP contribution in [0.5, 0.6) is 5.75 Å². The highest BCUT2D eigenvalue weighted by molar-refractivity contribution is 5.98. The van der Waals surface area contributed by atoms with Gasteiger partial charge in [-0.25, -0.2) is 0 Å². The molecule has 0 radical (unpaired) electrons. The first kappa shape index (κ1) is 16.1. The van der Waals surface area contributed by atoms with Crippen LogP contribution >= 0.6 is 0 Å². The summed E-state index contributed by atoms with van der Waals surface area (Å²) >= 11 is 0. The van der Waals surface area contributed by atoms with E-state index in [0.717, 1.165) is 22.4 Å². The summed E-state index contributed by atoms with van der Waals surface area (Å²) in [7, 11) is 1.60. The summed E-state index contributed by atoms with van der Waals surface area (Å²) in [5.41, 5.74) is 8.94. The Morgan fingerprint density at radius 1 is 1.29 bits per heavy atom. The highest BCUT2D eigenvalue weighted by Gasteiger charge is 2.34. The molecule has 0 spiro atoms. The van der Waals surface area contributed by atoms with E-state index in [1.165, 1.54) is 0 Å². The van der Waals surface area contributed by atoms with E-state index in [4.69, 9.17) is 10.5 Å². The molecule has 5 nitrogen and oxygen atoms in total. The van der Waals surface area contributed by atoms with Gasteiger partial charge in [-0.1, -0.05) is 30.3 Å². The predicted molar refractivity (Wildman–Crippen MR) is 90.6 cm³/mol. The first-order valence-corrected chi connectivity index (χ1v) is 7.83. The summed E-state index contributed by atoms with van der Waals surface area (Å²) in [6, 6.07) is 12.8. The maximum absolute atomic E-state index is 12.8. The van der Waals surface area contributed by atoms with E-state index in [1.54, 1.807) is 12.0 Å². The molecule has 124 valence electrons. The van der Waals surface area contributed by atoms with Gasteiger partial charge in [-0.2, -0.15) is 0 Å². The van der Waals surface area contributed by atoms with Crippen LogP contribution in [0.3, 0.4) is 0 Å². The van der Waals surface area contributed by atoms with E-state index in [2.05, 4.69) is 0 Å². The van der Waals surface area contributed by atoms with Crippen LogP contribution in [0.4, 0.5) is 0 Å². The number of methoxy groups -OCH3 is 1. The number of carbonyl (C=O) groups excluding carboxylic acids is 2. The Morgan fingerprint density at radius 3 is 2.71 bits per heavy atom. The van der Waals surface area contributed by atoms with Gasteiger partial charge < -0.3 is 15.4 Å². The second-order valence-corrected chi connectivity index (χ2v) is 6.01. The molecule has 5 heteroatoms. The third-order valence-corrected chi connectivity index (χ3v) is 4.44. The molecule has 1 atom stereocenters. The number of hydrogen-bond donors (Lipinski definition) is 1. The van der Waals surface area contributed by atoms with Gasteiger partial charge in [0.2, 0.25) is 5.91 Å². The molecule has 0 fully saturated rings. The minimum Gasteiger partial charge on any atom is -0.496 e. The minimum atomic E-state index is -0.441. The third-order valence-electron chi connectivity index (χ3n) is 4.44. The summed E-state index contributed by atoms with van der Waals surface area (Å²) in [6.45, 7) is 2.42. The Bertz CT molecular complexity index is 801. The molecule has 2 aromatic carbocycles. The molecule has 24 heavy (non-hydrogen) atoms. The first-order valence-electron chi connectivity index (χ1n) is 7.83. The van der Waals surface area contributed by atoms with E-state index in [-0.39, 0.29) is 12.3 Å². The Hall–Kier alpha value is -2.82. The average molecular weight is 324 g/mol. The molecule has 2 N–H and O–H groups in total. The molecule has 2 amide bonds. The predicted octanol–water partition coefficient (Wildman–Crippen LogP) is 2.58. The number of nitrogens with zero attached hydrogens (tertiary/aromatic N) is 1. The third kappa shape index (κ3) is 2.85. The summed E-state index contributed by atoms with van der Waals surface area (Å²) in [5.74, 6) is 0.214. The molecule has 3 rings (SSSR count). The van der Waals surface area contributed by atoms with Crippen LogP contribution in [0.25, 0.3) is 0 Å². The zero-order chi connectivity index (χ0) is 17.3. The Labute approximate surface area is 141 Å². The quantitative estimate of drug-likeness (QED) is 0.919. The summed E-state index contributed by atoms with van der Waals surface area (Å²) in [5, 5.41) is 0. The van der Waals surface area contributed by atoms with Gasteiger partial charge in [0, 0.05) is 12.1 Å². The van der Waals surface area contributed by atoms with Crippen molar-refractivity contribution in [2.24, 2.45) is 5.73 Å². The maximum atomic E-state index is 12.8. The lowest BCUT2D eigenvalue weighted by Crippen LogP contribution is -2.32. The molecule has 0 aromatic heterocycles. The summed E-state index contributed by atoms with van der Waals surface area (Å²) < 4.78 is 5.37. The lowest BCUT2D eigenvalue weighted by molar-refractivity contribution is -0.119. The molecule has 0 saturated heterocycles. The van der Waals surface area contributed by atoms with Gasteiger partial charge in [-0.3, -0.25) is 9.59 Å². The normalized spacial score (nSPS) is 14.4. The maximum Gasteiger partial charge on any atom is 0.255 e. The second kappa shape index (κ2) is 6.35. The number of carbonyl (C=O) groups is 2. The van der Waals surface area contributed by atoms with Crippen molar-refractivity contribution in [2.45, 2.75) is 25.9 Å². The molecule has 0 aliphatic carbocycles. The number of hydrogen-bond acceptors (Lipinski definition) is 3. The Balaban J connectivity index is 1.99. The Morgan fingerprint density at radius 2 is 2.04 bits per heavy atom. The zero-order valence-electron chi connectivity index (χ0n) is 13.8. The number of rotatable bonds is 5. The van der Waals surface area contributed by atoms with E-state index in [9.17, 15) is 9.59 Å². The number of fused-ring (bicyclic) bond motifs is 1. The lowest BCUT2D eigenvalue weighted by Gasteiger charge is -2.28. The topological polar surface area (TPSA) is 72.6 Å². The van der Waals surface area contributed by atoms with Crippen LogP contribution < -0.4 is 10.5 Å². The monoisotopic (exact) mass is 324 g/mol. The number of benzene rings is 2. The fourth-order valence-corrected chi connectivity index (χ4v) is 3.17. The molecule has 2 aromatic rings. The van der Waals surface area contributed by atoms with Gasteiger partial charge in [0.15, 0.2) is 0 Å². The van der Waals surface area contributed by atoms with Crippen molar-refractivity contribution >= 4 is 11.8 Å². The van der Waals surface area contributed by atoms with Crippen LogP contribution in [-0.4, -0.2) is 23.8 Å². The lowest BCUT2D eigenvalue weighted by atomic mass is 9.99. The van der Waals surface area contributed by atoms with Gasteiger partial charge >= 0.3 is 0 Å². The van der Waals surface area contributed by atoms with Crippen molar-refractivity contribution in [3.05, 3.63) is 64.7 Å². The molecule has 1 unspecified atom stereocenters. The van der Waals surface area contributed by atoms with E-state index >= 15 is 0 Å². The van der Waals surface area contributed by atoms with E-state index < -0.39 is 11.9 Å². The number of amides is 2. The van der Waals surface area contributed by atoms with Crippen molar-refractivity contribution in [1.82, 2.24) is 4.90 Å². The van der Waals surface area contributed by atoms with Gasteiger partial charge in [0.05, 0.1) is 19.6 Å². The first-order chi connectivity index (χ1) is 11.5. The fraction of sp³-hybridized carbons (Fsp3) is 0.263. The SMILES string of the molecule is COc1cc(C(CC(N)=O)N2Cc3ccccc3C2=O)ccc1C. The van der Waals surface area contributed by atoms with Gasteiger partial charge in [0.25, 0.3) is 5.91 Å². The molecule has 1 aliphatic heterocycles. The molecule has 0 saturated carbocycles. The second-order valence-electron chi connectivity index (χ2n) is 6.01. The molecular formula is C19H20N2O3. The highest BCUT2D eigenvalue weighted by Crippen LogP contribution is 2.35. The van der Waals surface area contributed by atoms with Crippen molar-refractivity contribution in [1.29, 1.82) is 0 Å². The highest BCUT2D eigenvalue weighted by atomic mass is 16.5. The van der Waals surface area contributed by atoms with Crippen LogP contribution in [0.1, 0.15) is 39.5 Å². The molecule has 1 heterocycles. The van der Waals surface area contributed by atoms with E-state index in [0.29, 0.717) is 12.1 Å². The van der Waals surface area contributed by atoms with Gasteiger partial charge in [0.1, 0.15) is 5.75 Å². The zero-order valence-corrected chi connectivity index (χ0v) is 13.8. The van der Waals surface area contributed by atoms with Crippen LogP contribution in [0, 0.1) is 6.92 Å².